The lowest BCUT2D eigenvalue weighted by atomic mass is 10.1. The summed E-state index contributed by atoms with van der Waals surface area (Å²) in [7, 11) is 0. The van der Waals surface area contributed by atoms with Crippen molar-refractivity contribution in [2.24, 2.45) is 5.92 Å². The maximum absolute atomic E-state index is 8.93. The van der Waals surface area contributed by atoms with Crippen LogP contribution < -0.4 is 10.6 Å². The molecular weight excluding hydrogens is 296 g/mol. The summed E-state index contributed by atoms with van der Waals surface area (Å²) in [5, 5.41) is 15.4. The second kappa shape index (κ2) is 8.26. The predicted octanol–water partition coefficient (Wildman–Crippen LogP) is 2.49. The lowest BCUT2D eigenvalue weighted by molar-refractivity contribution is 0.229. The fourth-order valence-electron chi connectivity index (χ4n) is 1.53. The van der Waals surface area contributed by atoms with Gasteiger partial charge in [-0.15, -0.1) is 0 Å². The Morgan fingerprint density at radius 1 is 1.33 bits per heavy atom. The number of aliphatic hydroxyl groups is 1. The first-order chi connectivity index (χ1) is 8.69. The van der Waals surface area contributed by atoms with Gasteiger partial charge in [0, 0.05) is 19.7 Å². The third-order valence-corrected chi connectivity index (χ3v) is 3.36. The summed E-state index contributed by atoms with van der Waals surface area (Å²) in [6.07, 6.45) is 3.56. The minimum atomic E-state index is 0.252. The van der Waals surface area contributed by atoms with E-state index in [0.717, 1.165) is 42.0 Å². The van der Waals surface area contributed by atoms with Crippen LogP contribution in [0.1, 0.15) is 26.7 Å². The monoisotopic (exact) mass is 316 g/mol. The normalized spacial score (nSPS) is 12.2. The van der Waals surface area contributed by atoms with Crippen molar-refractivity contribution in [3.63, 3.8) is 0 Å². The van der Waals surface area contributed by atoms with Crippen molar-refractivity contribution < 1.29 is 5.11 Å². The van der Waals surface area contributed by atoms with Crippen LogP contribution in [-0.4, -0.2) is 34.8 Å². The molecule has 0 fully saturated rings. The zero-order valence-electron chi connectivity index (χ0n) is 10.9. The van der Waals surface area contributed by atoms with E-state index in [1.54, 1.807) is 6.33 Å². The maximum atomic E-state index is 8.93. The molecule has 0 bridgehead atoms. The molecule has 0 aliphatic heterocycles. The third-order valence-electron chi connectivity index (χ3n) is 2.61. The molecule has 6 heteroatoms. The number of nitrogens with zero attached hydrogens (tertiary/aromatic N) is 2. The highest BCUT2D eigenvalue weighted by Gasteiger charge is 2.07. The lowest BCUT2D eigenvalue weighted by Gasteiger charge is -2.11. The zero-order valence-corrected chi connectivity index (χ0v) is 12.5. The van der Waals surface area contributed by atoms with Gasteiger partial charge in [0.15, 0.2) is 0 Å². The summed E-state index contributed by atoms with van der Waals surface area (Å²) in [6.45, 7) is 5.98. The van der Waals surface area contributed by atoms with E-state index in [-0.39, 0.29) is 6.61 Å². The Bertz CT molecular complexity index is 362. The molecule has 102 valence electrons. The number of anilines is 2. The summed E-state index contributed by atoms with van der Waals surface area (Å²) in [6, 6.07) is 0. The molecule has 0 amide bonds. The molecule has 1 heterocycles. The highest BCUT2D eigenvalue weighted by atomic mass is 79.9. The first kappa shape index (κ1) is 15.2. The maximum Gasteiger partial charge on any atom is 0.145 e. The first-order valence-corrected chi connectivity index (χ1v) is 7.07. The summed E-state index contributed by atoms with van der Waals surface area (Å²) in [4.78, 5) is 8.36. The van der Waals surface area contributed by atoms with Crippen molar-refractivity contribution in [1.29, 1.82) is 0 Å². The van der Waals surface area contributed by atoms with Crippen LogP contribution in [0.2, 0.25) is 0 Å². The van der Waals surface area contributed by atoms with Gasteiger partial charge in [0.05, 0.1) is 0 Å². The van der Waals surface area contributed by atoms with Crippen molar-refractivity contribution in [3.8, 4) is 0 Å². The summed E-state index contributed by atoms with van der Waals surface area (Å²) in [5.41, 5.74) is 0. The highest BCUT2D eigenvalue weighted by Crippen LogP contribution is 2.26. The highest BCUT2D eigenvalue weighted by molar-refractivity contribution is 9.10. The Labute approximate surface area is 117 Å². The molecule has 0 saturated carbocycles. The van der Waals surface area contributed by atoms with Crippen LogP contribution in [0, 0.1) is 5.92 Å². The SMILES string of the molecule is CCNc1ncnc(NCCCC(C)CO)c1Br. The second-order valence-electron chi connectivity index (χ2n) is 4.27. The molecule has 1 rings (SSSR count). The van der Waals surface area contributed by atoms with Crippen LogP contribution in [0.5, 0.6) is 0 Å². The standard InChI is InChI=1S/C12H21BrN4O/c1-3-14-11-10(13)12(17-8-16-11)15-6-4-5-9(2)7-18/h8-9,18H,3-7H2,1-2H3,(H2,14,15,16,17). The van der Waals surface area contributed by atoms with Crippen molar-refractivity contribution >= 4 is 27.6 Å². The zero-order chi connectivity index (χ0) is 13.4. The number of hydrogen-bond acceptors (Lipinski definition) is 5. The van der Waals surface area contributed by atoms with E-state index < -0.39 is 0 Å². The Balaban J connectivity index is 2.44. The largest absolute Gasteiger partial charge is 0.396 e. The van der Waals surface area contributed by atoms with Gasteiger partial charge in [-0.1, -0.05) is 6.92 Å². The van der Waals surface area contributed by atoms with Gasteiger partial charge in [-0.25, -0.2) is 9.97 Å². The molecule has 0 aliphatic rings. The number of aromatic nitrogens is 2. The molecule has 1 aromatic heterocycles. The van der Waals surface area contributed by atoms with E-state index in [9.17, 15) is 0 Å². The van der Waals surface area contributed by atoms with Gasteiger partial charge in [-0.2, -0.15) is 0 Å². The molecule has 0 aliphatic carbocycles. The van der Waals surface area contributed by atoms with Crippen LogP contribution >= 0.6 is 15.9 Å². The minimum absolute atomic E-state index is 0.252. The molecule has 0 aromatic carbocycles. The van der Waals surface area contributed by atoms with Crippen molar-refractivity contribution in [3.05, 3.63) is 10.8 Å². The Kier molecular flexibility index (Phi) is 6.97. The topological polar surface area (TPSA) is 70.1 Å². The number of hydrogen-bond donors (Lipinski definition) is 3. The summed E-state index contributed by atoms with van der Waals surface area (Å²) in [5.74, 6) is 1.97. The summed E-state index contributed by atoms with van der Waals surface area (Å²) >= 11 is 3.49. The van der Waals surface area contributed by atoms with Gasteiger partial charge in [0.1, 0.15) is 22.4 Å². The number of rotatable bonds is 8. The molecule has 0 saturated heterocycles. The van der Waals surface area contributed by atoms with E-state index in [4.69, 9.17) is 5.11 Å². The number of halogens is 1. The van der Waals surface area contributed by atoms with Gasteiger partial charge in [-0.3, -0.25) is 0 Å². The van der Waals surface area contributed by atoms with Crippen molar-refractivity contribution in [1.82, 2.24) is 9.97 Å². The molecular formula is C12H21BrN4O. The minimum Gasteiger partial charge on any atom is -0.396 e. The van der Waals surface area contributed by atoms with Gasteiger partial charge in [-0.05, 0) is 41.6 Å². The molecule has 1 aromatic rings. The predicted molar refractivity (Wildman–Crippen MR) is 77.9 cm³/mol. The molecule has 0 spiro atoms. The Morgan fingerprint density at radius 3 is 2.61 bits per heavy atom. The molecule has 18 heavy (non-hydrogen) atoms. The van der Waals surface area contributed by atoms with Crippen LogP contribution in [0.4, 0.5) is 11.6 Å². The van der Waals surface area contributed by atoms with Crippen LogP contribution in [0.25, 0.3) is 0 Å². The van der Waals surface area contributed by atoms with E-state index in [0.29, 0.717) is 5.92 Å². The summed E-state index contributed by atoms with van der Waals surface area (Å²) < 4.78 is 0.863. The van der Waals surface area contributed by atoms with Gasteiger partial charge in [0.2, 0.25) is 0 Å². The average molecular weight is 317 g/mol. The fraction of sp³-hybridized carbons (Fsp3) is 0.667. The molecule has 0 radical (unpaired) electrons. The van der Waals surface area contributed by atoms with E-state index in [2.05, 4.69) is 36.5 Å². The van der Waals surface area contributed by atoms with E-state index >= 15 is 0 Å². The van der Waals surface area contributed by atoms with Crippen molar-refractivity contribution in [2.75, 3.05) is 30.3 Å². The molecule has 1 atom stereocenters. The molecule has 1 unspecified atom stereocenters. The average Bonchev–Trinajstić information content (AvgIpc) is 2.38. The molecule has 3 N–H and O–H groups in total. The first-order valence-electron chi connectivity index (χ1n) is 6.28. The Morgan fingerprint density at radius 2 is 2.00 bits per heavy atom. The van der Waals surface area contributed by atoms with Crippen molar-refractivity contribution in [2.45, 2.75) is 26.7 Å². The van der Waals surface area contributed by atoms with Gasteiger partial charge in [0.25, 0.3) is 0 Å². The van der Waals surface area contributed by atoms with E-state index in [1.807, 2.05) is 13.8 Å². The third kappa shape index (κ3) is 4.78. The molecule has 5 nitrogen and oxygen atoms in total. The number of nitrogens with one attached hydrogen (secondary N) is 2. The smallest absolute Gasteiger partial charge is 0.145 e. The van der Waals surface area contributed by atoms with Gasteiger partial charge >= 0.3 is 0 Å². The van der Waals surface area contributed by atoms with Crippen LogP contribution in [0.15, 0.2) is 10.8 Å². The van der Waals surface area contributed by atoms with Crippen LogP contribution in [0.3, 0.4) is 0 Å². The Hall–Kier alpha value is -0.880. The van der Waals surface area contributed by atoms with E-state index in [1.165, 1.54) is 0 Å². The fourth-order valence-corrected chi connectivity index (χ4v) is 2.02. The van der Waals surface area contributed by atoms with Crippen LogP contribution in [-0.2, 0) is 0 Å². The van der Waals surface area contributed by atoms with Gasteiger partial charge < -0.3 is 15.7 Å². The second-order valence-corrected chi connectivity index (χ2v) is 5.06. The number of aliphatic hydroxyl groups excluding tert-OH is 1. The quantitative estimate of drug-likeness (QED) is 0.643. The lowest BCUT2D eigenvalue weighted by Crippen LogP contribution is -2.09.